The standard InChI is InChI=1S/C70H48N2S/c1-3-17-49(18-4-1)51-33-35-52(36-34-51)53-39-41-59(42-40-53)71(60-25-15-23-56(46-60)57-38-37-50-19-7-8-22-55(50)45-57)68-31-13-10-28-64(68)58-24-16-26-61(47-58)72(67-30-12-9-27-63(67)54-20-5-2-6-21-54)62-43-44-66-65-29-11-14-32-69(65)73-70(66)48-62/h1-48H. The van der Waals surface area contributed by atoms with Gasteiger partial charge in [-0.25, -0.2) is 0 Å². The Morgan fingerprint density at radius 3 is 1.36 bits per heavy atom. The lowest BCUT2D eigenvalue weighted by Crippen LogP contribution is -2.12. The van der Waals surface area contributed by atoms with E-state index in [1.807, 2.05) is 11.3 Å². The summed E-state index contributed by atoms with van der Waals surface area (Å²) in [7, 11) is 0. The Balaban J connectivity index is 0.947. The highest BCUT2D eigenvalue weighted by Crippen LogP contribution is 2.47. The highest BCUT2D eigenvalue weighted by atomic mass is 32.1. The van der Waals surface area contributed by atoms with E-state index in [-0.39, 0.29) is 0 Å². The molecular weight excluding hydrogens is 901 g/mol. The molecule has 0 radical (unpaired) electrons. The van der Waals surface area contributed by atoms with Gasteiger partial charge in [-0.1, -0.05) is 218 Å². The Morgan fingerprint density at radius 2 is 0.658 bits per heavy atom. The van der Waals surface area contributed by atoms with Gasteiger partial charge in [0.15, 0.2) is 0 Å². The molecule has 0 N–H and O–H groups in total. The van der Waals surface area contributed by atoms with Crippen molar-refractivity contribution in [3.8, 4) is 55.6 Å². The van der Waals surface area contributed by atoms with Crippen LogP contribution in [0.15, 0.2) is 291 Å². The van der Waals surface area contributed by atoms with Crippen LogP contribution in [0.1, 0.15) is 0 Å². The molecule has 1 aromatic heterocycles. The molecule has 0 aliphatic rings. The van der Waals surface area contributed by atoms with Gasteiger partial charge < -0.3 is 9.80 Å². The van der Waals surface area contributed by atoms with Crippen molar-refractivity contribution in [3.63, 3.8) is 0 Å². The van der Waals surface area contributed by atoms with Crippen LogP contribution in [0.5, 0.6) is 0 Å². The lowest BCUT2D eigenvalue weighted by atomic mass is 9.98. The fourth-order valence-corrected chi connectivity index (χ4v) is 11.6. The molecule has 12 aromatic carbocycles. The first-order valence-corrected chi connectivity index (χ1v) is 25.7. The van der Waals surface area contributed by atoms with Gasteiger partial charge in [-0.05, 0) is 128 Å². The van der Waals surface area contributed by atoms with Gasteiger partial charge in [-0.15, -0.1) is 11.3 Å². The fraction of sp³-hybridized carbons (Fsp3) is 0. The van der Waals surface area contributed by atoms with Gasteiger partial charge in [0, 0.05) is 54.0 Å². The Morgan fingerprint density at radius 1 is 0.219 bits per heavy atom. The van der Waals surface area contributed by atoms with Gasteiger partial charge in [0.05, 0.1) is 11.4 Å². The molecule has 13 rings (SSSR count). The Kier molecular flexibility index (Phi) is 11.5. The van der Waals surface area contributed by atoms with E-state index in [9.17, 15) is 0 Å². The van der Waals surface area contributed by atoms with Crippen LogP contribution in [-0.2, 0) is 0 Å². The third-order valence-corrected chi connectivity index (χ3v) is 15.2. The summed E-state index contributed by atoms with van der Waals surface area (Å²) in [5, 5.41) is 5.03. The lowest BCUT2D eigenvalue weighted by molar-refractivity contribution is 1.28. The summed E-state index contributed by atoms with van der Waals surface area (Å²) in [5.41, 5.74) is 18.2. The van der Waals surface area contributed by atoms with E-state index >= 15 is 0 Å². The molecule has 0 saturated heterocycles. The molecule has 0 fully saturated rings. The summed E-state index contributed by atoms with van der Waals surface area (Å²) in [5.74, 6) is 0. The summed E-state index contributed by atoms with van der Waals surface area (Å²) < 4.78 is 2.56. The molecule has 0 amide bonds. The molecule has 3 heteroatoms. The lowest BCUT2D eigenvalue weighted by Gasteiger charge is -2.30. The van der Waals surface area contributed by atoms with E-state index in [1.165, 1.54) is 69.9 Å². The van der Waals surface area contributed by atoms with Crippen LogP contribution in [0.25, 0.3) is 86.6 Å². The second-order valence-electron chi connectivity index (χ2n) is 18.5. The molecule has 0 bridgehead atoms. The summed E-state index contributed by atoms with van der Waals surface area (Å²) in [6.07, 6.45) is 0. The number of benzene rings is 12. The Bertz CT molecular complexity index is 4080. The quantitative estimate of drug-likeness (QED) is 0.127. The van der Waals surface area contributed by atoms with Crippen molar-refractivity contribution in [3.05, 3.63) is 291 Å². The number of anilines is 6. The van der Waals surface area contributed by atoms with Gasteiger partial charge in [-0.3, -0.25) is 0 Å². The van der Waals surface area contributed by atoms with Crippen molar-refractivity contribution >= 4 is 76.4 Å². The summed E-state index contributed by atoms with van der Waals surface area (Å²) in [6, 6.07) is 106. The van der Waals surface area contributed by atoms with Crippen molar-refractivity contribution in [2.24, 2.45) is 0 Å². The van der Waals surface area contributed by atoms with E-state index in [4.69, 9.17) is 0 Å². The first-order valence-electron chi connectivity index (χ1n) is 24.9. The molecule has 344 valence electrons. The maximum atomic E-state index is 2.44. The third-order valence-electron chi connectivity index (χ3n) is 14.0. The molecule has 0 unspecified atom stereocenters. The zero-order chi connectivity index (χ0) is 48.5. The Labute approximate surface area is 430 Å². The maximum Gasteiger partial charge on any atom is 0.0540 e. The summed E-state index contributed by atoms with van der Waals surface area (Å²) >= 11 is 1.85. The van der Waals surface area contributed by atoms with Crippen LogP contribution in [-0.4, -0.2) is 0 Å². The predicted molar refractivity (Wildman–Crippen MR) is 313 cm³/mol. The van der Waals surface area contributed by atoms with Crippen molar-refractivity contribution < 1.29 is 0 Å². The van der Waals surface area contributed by atoms with Gasteiger partial charge in [0.1, 0.15) is 0 Å². The topological polar surface area (TPSA) is 6.48 Å². The highest BCUT2D eigenvalue weighted by Gasteiger charge is 2.22. The minimum absolute atomic E-state index is 1.07. The zero-order valence-electron chi connectivity index (χ0n) is 40.0. The second-order valence-corrected chi connectivity index (χ2v) is 19.6. The minimum Gasteiger partial charge on any atom is -0.310 e. The summed E-state index contributed by atoms with van der Waals surface area (Å²) in [4.78, 5) is 4.86. The fourth-order valence-electron chi connectivity index (χ4n) is 10.4. The van der Waals surface area contributed by atoms with Gasteiger partial charge >= 0.3 is 0 Å². The average molecular weight is 949 g/mol. The van der Waals surface area contributed by atoms with Gasteiger partial charge in [-0.2, -0.15) is 0 Å². The van der Waals surface area contributed by atoms with Gasteiger partial charge in [0.25, 0.3) is 0 Å². The average Bonchev–Trinajstić information content (AvgIpc) is 3.84. The number of fused-ring (bicyclic) bond motifs is 4. The molecule has 0 aliphatic heterocycles. The van der Waals surface area contributed by atoms with Crippen molar-refractivity contribution in [2.75, 3.05) is 9.80 Å². The number of thiophene rings is 1. The van der Waals surface area contributed by atoms with Crippen LogP contribution < -0.4 is 9.80 Å². The van der Waals surface area contributed by atoms with Crippen molar-refractivity contribution in [1.29, 1.82) is 0 Å². The van der Waals surface area contributed by atoms with Crippen LogP contribution in [0.2, 0.25) is 0 Å². The number of nitrogens with zero attached hydrogens (tertiary/aromatic N) is 2. The predicted octanol–water partition coefficient (Wildman–Crippen LogP) is 20.5. The molecule has 2 nitrogen and oxygen atoms in total. The molecule has 13 aromatic rings. The highest BCUT2D eigenvalue weighted by molar-refractivity contribution is 7.25. The first kappa shape index (κ1) is 43.7. The molecule has 73 heavy (non-hydrogen) atoms. The summed E-state index contributed by atoms with van der Waals surface area (Å²) in [6.45, 7) is 0. The maximum absolute atomic E-state index is 2.44. The SMILES string of the molecule is c1ccc(-c2ccc(-c3ccc(N(c4cccc(-c5ccc6ccccc6c5)c4)c4ccccc4-c4cccc(N(c5ccc6c(c5)sc5ccccc56)c5ccccc5-c5ccccc5)c4)cc3)cc2)cc1. The van der Waals surface area contributed by atoms with Crippen LogP contribution in [0.4, 0.5) is 34.1 Å². The zero-order valence-corrected chi connectivity index (χ0v) is 40.8. The number of hydrogen-bond acceptors (Lipinski definition) is 3. The number of para-hydroxylation sites is 2. The molecule has 1 heterocycles. The van der Waals surface area contributed by atoms with E-state index in [1.54, 1.807) is 0 Å². The Hall–Kier alpha value is -9.28. The second kappa shape index (κ2) is 19.1. The molecule has 0 aliphatic carbocycles. The van der Waals surface area contributed by atoms with Crippen LogP contribution in [0, 0.1) is 0 Å². The van der Waals surface area contributed by atoms with E-state index in [2.05, 4.69) is 301 Å². The van der Waals surface area contributed by atoms with E-state index < -0.39 is 0 Å². The molecule has 0 spiro atoms. The van der Waals surface area contributed by atoms with Crippen molar-refractivity contribution in [2.45, 2.75) is 0 Å². The third kappa shape index (κ3) is 8.52. The number of rotatable bonds is 11. The molecule has 0 saturated carbocycles. The van der Waals surface area contributed by atoms with Gasteiger partial charge in [0.2, 0.25) is 0 Å². The minimum atomic E-state index is 1.07. The van der Waals surface area contributed by atoms with Crippen molar-refractivity contribution in [1.82, 2.24) is 0 Å². The normalized spacial score (nSPS) is 11.3. The smallest absolute Gasteiger partial charge is 0.0540 e. The monoisotopic (exact) mass is 948 g/mol. The van der Waals surface area contributed by atoms with Crippen LogP contribution >= 0.6 is 11.3 Å². The van der Waals surface area contributed by atoms with E-state index in [0.717, 1.165) is 50.8 Å². The number of hydrogen-bond donors (Lipinski definition) is 0. The first-order chi connectivity index (χ1) is 36.2. The van der Waals surface area contributed by atoms with Crippen LogP contribution in [0.3, 0.4) is 0 Å². The largest absolute Gasteiger partial charge is 0.310 e. The van der Waals surface area contributed by atoms with E-state index in [0.29, 0.717) is 0 Å². The molecular formula is C70H48N2S. The molecule has 0 atom stereocenters.